The third-order valence-corrected chi connectivity index (χ3v) is 3.53. The minimum atomic E-state index is 0. The van der Waals surface area contributed by atoms with Gasteiger partial charge in [-0.3, -0.25) is 0 Å². The van der Waals surface area contributed by atoms with E-state index in [1.165, 1.54) is 10.4 Å². The summed E-state index contributed by atoms with van der Waals surface area (Å²) < 4.78 is 1.13. The molecule has 1 aromatic carbocycles. The van der Waals surface area contributed by atoms with Gasteiger partial charge in [0.15, 0.2) is 0 Å². The topological polar surface area (TPSA) is 12.0 Å². The van der Waals surface area contributed by atoms with E-state index in [4.69, 9.17) is 0 Å². The number of hydrogen-bond acceptors (Lipinski definition) is 2. The molecule has 0 aliphatic rings. The van der Waals surface area contributed by atoms with E-state index in [9.17, 15) is 0 Å². The summed E-state index contributed by atoms with van der Waals surface area (Å²) >= 11 is 5.22. The first-order valence-electron chi connectivity index (χ1n) is 4.82. The van der Waals surface area contributed by atoms with Gasteiger partial charge in [0.1, 0.15) is 0 Å². The Morgan fingerprint density at radius 3 is 2.44 bits per heavy atom. The molecule has 0 radical (unpaired) electrons. The van der Waals surface area contributed by atoms with Crippen molar-refractivity contribution in [2.24, 2.45) is 0 Å². The van der Waals surface area contributed by atoms with Crippen molar-refractivity contribution >= 4 is 39.7 Å². The molecule has 1 N–H and O–H groups in total. The molecule has 2 rings (SSSR count). The van der Waals surface area contributed by atoms with Crippen LogP contribution in [-0.4, -0.2) is 0 Å². The summed E-state index contributed by atoms with van der Waals surface area (Å²) in [7, 11) is 0. The Kier molecular flexibility index (Phi) is 6.06. The molecule has 0 atom stereocenters. The molecule has 2 aromatic rings. The lowest BCUT2D eigenvalue weighted by Gasteiger charge is -2.03. The summed E-state index contributed by atoms with van der Waals surface area (Å²) in [6.07, 6.45) is 0. The zero-order chi connectivity index (χ0) is 10.5. The molecule has 1 nitrogen and oxygen atoms in total. The van der Waals surface area contributed by atoms with Crippen LogP contribution in [0.4, 0.5) is 0 Å². The second-order valence-electron chi connectivity index (χ2n) is 3.31. The van der Waals surface area contributed by atoms with E-state index in [-0.39, 0.29) is 12.4 Å². The lowest BCUT2D eigenvalue weighted by atomic mass is 10.2. The van der Waals surface area contributed by atoms with Crippen molar-refractivity contribution in [1.29, 1.82) is 0 Å². The summed E-state index contributed by atoms with van der Waals surface area (Å²) in [6.45, 7) is 1.87. The largest absolute Gasteiger partial charge is 0.308 e. The van der Waals surface area contributed by atoms with E-state index in [1.54, 1.807) is 11.3 Å². The van der Waals surface area contributed by atoms with Gasteiger partial charge in [-0.15, -0.1) is 23.7 Å². The summed E-state index contributed by atoms with van der Waals surface area (Å²) in [5.74, 6) is 0. The van der Waals surface area contributed by atoms with Crippen molar-refractivity contribution in [2.75, 3.05) is 0 Å². The third-order valence-electron chi connectivity index (χ3n) is 2.12. The minimum Gasteiger partial charge on any atom is -0.308 e. The summed E-state index contributed by atoms with van der Waals surface area (Å²) in [5.41, 5.74) is 1.31. The first-order chi connectivity index (χ1) is 7.34. The Labute approximate surface area is 114 Å². The molecule has 0 amide bonds. The Morgan fingerprint density at radius 2 is 1.81 bits per heavy atom. The highest BCUT2D eigenvalue weighted by molar-refractivity contribution is 9.10. The van der Waals surface area contributed by atoms with Crippen LogP contribution in [0.5, 0.6) is 0 Å². The highest BCUT2D eigenvalue weighted by Gasteiger charge is 1.94. The van der Waals surface area contributed by atoms with E-state index in [1.807, 2.05) is 0 Å². The molecule has 0 saturated heterocycles. The maximum atomic E-state index is 3.43. The van der Waals surface area contributed by atoms with Crippen LogP contribution < -0.4 is 5.32 Å². The van der Waals surface area contributed by atoms with Gasteiger partial charge in [-0.1, -0.05) is 34.1 Å². The van der Waals surface area contributed by atoms with E-state index < -0.39 is 0 Å². The van der Waals surface area contributed by atoms with Crippen molar-refractivity contribution in [3.8, 4) is 0 Å². The predicted molar refractivity (Wildman–Crippen MR) is 76.3 cm³/mol. The highest BCUT2D eigenvalue weighted by atomic mass is 79.9. The fourth-order valence-electron chi connectivity index (χ4n) is 1.35. The van der Waals surface area contributed by atoms with Crippen LogP contribution in [0.3, 0.4) is 0 Å². The summed E-state index contributed by atoms with van der Waals surface area (Å²) in [4.78, 5) is 1.38. The Morgan fingerprint density at radius 1 is 1.06 bits per heavy atom. The van der Waals surface area contributed by atoms with Crippen LogP contribution in [0.25, 0.3) is 0 Å². The first kappa shape index (κ1) is 13.7. The number of rotatable bonds is 4. The van der Waals surface area contributed by atoms with Gasteiger partial charge >= 0.3 is 0 Å². The Hall–Kier alpha value is -0.350. The van der Waals surface area contributed by atoms with Crippen LogP contribution in [0.15, 0.2) is 46.3 Å². The molecule has 0 spiro atoms. The summed E-state index contributed by atoms with van der Waals surface area (Å²) in [6, 6.07) is 12.6. The molecule has 0 saturated carbocycles. The first-order valence-corrected chi connectivity index (χ1v) is 6.49. The average molecular weight is 319 g/mol. The van der Waals surface area contributed by atoms with Crippen LogP contribution >= 0.6 is 39.7 Å². The van der Waals surface area contributed by atoms with E-state index in [0.29, 0.717) is 0 Å². The van der Waals surface area contributed by atoms with E-state index in [0.717, 1.165) is 17.6 Å². The molecule has 0 bridgehead atoms. The Balaban J connectivity index is 0.00000128. The molecule has 0 aliphatic heterocycles. The average Bonchev–Trinajstić information content (AvgIpc) is 2.74. The number of nitrogens with one attached hydrogen (secondary N) is 1. The monoisotopic (exact) mass is 317 g/mol. The van der Waals surface area contributed by atoms with Gasteiger partial charge in [0, 0.05) is 22.4 Å². The van der Waals surface area contributed by atoms with Crippen molar-refractivity contribution in [3.05, 3.63) is 56.7 Å². The molecule has 1 aromatic heterocycles. The van der Waals surface area contributed by atoms with Gasteiger partial charge in [-0.2, -0.15) is 0 Å². The van der Waals surface area contributed by atoms with Crippen molar-refractivity contribution in [1.82, 2.24) is 5.32 Å². The quantitative estimate of drug-likeness (QED) is 0.890. The SMILES string of the molecule is Brc1ccc(CNCc2cccs2)cc1.Cl. The zero-order valence-corrected chi connectivity index (χ0v) is 11.9. The number of halogens is 2. The van der Waals surface area contributed by atoms with Gasteiger partial charge in [0.2, 0.25) is 0 Å². The Bertz CT molecular complexity index is 399. The van der Waals surface area contributed by atoms with Gasteiger partial charge in [-0.25, -0.2) is 0 Å². The minimum absolute atomic E-state index is 0. The fraction of sp³-hybridized carbons (Fsp3) is 0.167. The summed E-state index contributed by atoms with van der Waals surface area (Å²) in [5, 5.41) is 5.53. The fourth-order valence-corrected chi connectivity index (χ4v) is 2.28. The number of hydrogen-bond donors (Lipinski definition) is 1. The molecule has 16 heavy (non-hydrogen) atoms. The van der Waals surface area contributed by atoms with Gasteiger partial charge in [0.25, 0.3) is 0 Å². The molecule has 0 unspecified atom stereocenters. The normalized spacial score (nSPS) is 9.81. The smallest absolute Gasteiger partial charge is 0.0302 e. The van der Waals surface area contributed by atoms with Crippen LogP contribution in [0.2, 0.25) is 0 Å². The standard InChI is InChI=1S/C12H12BrNS.ClH/c13-11-5-3-10(4-6-11)8-14-9-12-2-1-7-15-12;/h1-7,14H,8-9H2;1H. The molecule has 0 aliphatic carbocycles. The van der Waals surface area contributed by atoms with Crippen molar-refractivity contribution in [3.63, 3.8) is 0 Å². The molecule has 0 fully saturated rings. The number of thiophene rings is 1. The molecular formula is C12H13BrClNS. The van der Waals surface area contributed by atoms with E-state index >= 15 is 0 Å². The number of benzene rings is 1. The van der Waals surface area contributed by atoms with Crippen LogP contribution in [0, 0.1) is 0 Å². The van der Waals surface area contributed by atoms with Gasteiger partial charge in [0.05, 0.1) is 0 Å². The molecular weight excluding hydrogens is 306 g/mol. The van der Waals surface area contributed by atoms with E-state index in [2.05, 4.69) is 63.0 Å². The second kappa shape index (κ2) is 7.07. The van der Waals surface area contributed by atoms with Crippen molar-refractivity contribution in [2.45, 2.75) is 13.1 Å². The molecule has 4 heteroatoms. The van der Waals surface area contributed by atoms with Gasteiger partial charge in [-0.05, 0) is 29.1 Å². The molecule has 86 valence electrons. The predicted octanol–water partition coefficient (Wildman–Crippen LogP) is 4.22. The van der Waals surface area contributed by atoms with Gasteiger partial charge < -0.3 is 5.32 Å². The third kappa shape index (κ3) is 4.26. The maximum absolute atomic E-state index is 3.43. The highest BCUT2D eigenvalue weighted by Crippen LogP contribution is 2.11. The van der Waals surface area contributed by atoms with Crippen LogP contribution in [-0.2, 0) is 13.1 Å². The maximum Gasteiger partial charge on any atom is 0.0302 e. The lowest BCUT2D eigenvalue weighted by Crippen LogP contribution is -2.11. The second-order valence-corrected chi connectivity index (χ2v) is 5.26. The molecule has 1 heterocycles. The van der Waals surface area contributed by atoms with Crippen molar-refractivity contribution < 1.29 is 0 Å². The van der Waals surface area contributed by atoms with Crippen LogP contribution in [0.1, 0.15) is 10.4 Å². The zero-order valence-electron chi connectivity index (χ0n) is 8.65. The lowest BCUT2D eigenvalue weighted by molar-refractivity contribution is 0.701.